The average molecular weight is 385 g/mol. The Balaban J connectivity index is 1.75. The average Bonchev–Trinajstić information content (AvgIpc) is 3.04. The summed E-state index contributed by atoms with van der Waals surface area (Å²) >= 11 is 1.34. The van der Waals surface area contributed by atoms with E-state index in [0.717, 1.165) is 33.7 Å². The zero-order valence-electron chi connectivity index (χ0n) is 15.4. The summed E-state index contributed by atoms with van der Waals surface area (Å²) in [5, 5.41) is 16.6. The summed E-state index contributed by atoms with van der Waals surface area (Å²) < 4.78 is 0. The largest absolute Gasteiger partial charge is 0.391 e. The van der Waals surface area contributed by atoms with Gasteiger partial charge in [0.25, 0.3) is 5.91 Å². The molecule has 0 aliphatic rings. The van der Waals surface area contributed by atoms with Gasteiger partial charge in [0, 0.05) is 31.4 Å². The number of fused-ring (bicyclic) bond motifs is 1. The van der Waals surface area contributed by atoms with Crippen LogP contribution in [0.1, 0.15) is 34.3 Å². The first-order chi connectivity index (χ1) is 13.1. The number of aliphatic hydroxyl groups excluding tert-OH is 1. The van der Waals surface area contributed by atoms with Gasteiger partial charge in [-0.1, -0.05) is 13.0 Å². The summed E-state index contributed by atoms with van der Waals surface area (Å²) in [4.78, 5) is 26.8. The molecule has 0 aliphatic heterocycles. The van der Waals surface area contributed by atoms with Crippen LogP contribution in [0.25, 0.3) is 10.2 Å². The number of aryl methyl sites for hydroxylation is 1. The van der Waals surface area contributed by atoms with Crippen LogP contribution in [-0.4, -0.2) is 45.2 Å². The Hall–Kier alpha value is -2.58. The molecule has 1 atom stereocenters. The van der Waals surface area contributed by atoms with Crippen LogP contribution < -0.4 is 10.6 Å². The Morgan fingerprint density at radius 1 is 1.30 bits per heavy atom. The molecule has 0 aliphatic carbocycles. The fraction of sp³-hybridized carbons (Fsp3) is 0.368. The van der Waals surface area contributed by atoms with E-state index in [2.05, 4.69) is 25.6 Å². The van der Waals surface area contributed by atoms with Gasteiger partial charge in [0.2, 0.25) is 0 Å². The van der Waals surface area contributed by atoms with Gasteiger partial charge < -0.3 is 15.7 Å². The Labute approximate surface area is 161 Å². The molecule has 8 heteroatoms. The van der Waals surface area contributed by atoms with Crippen molar-refractivity contribution < 1.29 is 9.90 Å². The molecule has 0 unspecified atom stereocenters. The van der Waals surface area contributed by atoms with Gasteiger partial charge in [0.05, 0.1) is 16.4 Å². The standard InChI is InChI=1S/C19H23N5O2S/c1-3-14(25)10-22-18(26)16-12(2)15-17(23-11-24-19(15)27-16)21-9-7-13-6-4-5-8-20-13/h4-6,8,11,14,25H,3,7,9-10H2,1-2H3,(H,22,26)(H,21,23,24)/t14-/m0/s1. The highest BCUT2D eigenvalue weighted by molar-refractivity contribution is 7.20. The van der Waals surface area contributed by atoms with Gasteiger partial charge in [0.1, 0.15) is 17.0 Å². The SMILES string of the molecule is CC[C@H](O)CNC(=O)c1sc2ncnc(NCCc3ccccn3)c2c1C. The third kappa shape index (κ3) is 4.58. The van der Waals surface area contributed by atoms with Crippen molar-refractivity contribution in [3.05, 3.63) is 46.9 Å². The number of carbonyl (C=O) groups excluding carboxylic acids is 1. The third-order valence-corrected chi connectivity index (χ3v) is 5.50. The molecule has 1 amide bonds. The molecule has 0 fully saturated rings. The first-order valence-corrected chi connectivity index (χ1v) is 9.76. The molecule has 3 N–H and O–H groups in total. The van der Waals surface area contributed by atoms with Crippen LogP contribution in [0.4, 0.5) is 5.82 Å². The summed E-state index contributed by atoms with van der Waals surface area (Å²) in [5.74, 6) is 0.528. The van der Waals surface area contributed by atoms with Crippen molar-refractivity contribution in [1.29, 1.82) is 0 Å². The second-order valence-corrected chi connectivity index (χ2v) is 7.23. The quantitative estimate of drug-likeness (QED) is 0.551. The lowest BCUT2D eigenvalue weighted by atomic mass is 10.2. The molecule has 3 aromatic heterocycles. The monoisotopic (exact) mass is 385 g/mol. The van der Waals surface area contributed by atoms with E-state index in [-0.39, 0.29) is 12.5 Å². The lowest BCUT2D eigenvalue weighted by molar-refractivity contribution is 0.0917. The molecule has 0 saturated heterocycles. The van der Waals surface area contributed by atoms with E-state index >= 15 is 0 Å². The number of rotatable bonds is 8. The van der Waals surface area contributed by atoms with Gasteiger partial charge >= 0.3 is 0 Å². The normalized spacial score (nSPS) is 12.1. The Morgan fingerprint density at radius 2 is 2.15 bits per heavy atom. The smallest absolute Gasteiger partial charge is 0.261 e. The van der Waals surface area contributed by atoms with Gasteiger partial charge in [-0.3, -0.25) is 9.78 Å². The molecule has 0 saturated carbocycles. The minimum atomic E-state index is -0.535. The van der Waals surface area contributed by atoms with Gasteiger partial charge in [-0.25, -0.2) is 9.97 Å². The van der Waals surface area contributed by atoms with E-state index in [0.29, 0.717) is 17.8 Å². The number of nitrogens with zero attached hydrogens (tertiary/aromatic N) is 3. The summed E-state index contributed by atoms with van der Waals surface area (Å²) in [6.45, 7) is 4.70. The predicted molar refractivity (Wildman–Crippen MR) is 107 cm³/mol. The maximum Gasteiger partial charge on any atom is 0.261 e. The number of amides is 1. The van der Waals surface area contributed by atoms with Crippen molar-refractivity contribution >= 4 is 33.3 Å². The van der Waals surface area contributed by atoms with Crippen molar-refractivity contribution in [2.45, 2.75) is 32.8 Å². The summed E-state index contributed by atoms with van der Waals surface area (Å²) in [6, 6.07) is 5.85. The lowest BCUT2D eigenvalue weighted by Crippen LogP contribution is -2.31. The van der Waals surface area contributed by atoms with Crippen LogP contribution in [0.2, 0.25) is 0 Å². The predicted octanol–water partition coefficient (Wildman–Crippen LogP) is 2.55. The maximum absolute atomic E-state index is 12.5. The van der Waals surface area contributed by atoms with Crippen LogP contribution in [0.3, 0.4) is 0 Å². The Bertz CT molecular complexity index is 913. The molecule has 0 radical (unpaired) electrons. The van der Waals surface area contributed by atoms with Crippen LogP contribution in [0.5, 0.6) is 0 Å². The second kappa shape index (κ2) is 8.88. The first kappa shape index (κ1) is 19.2. The van der Waals surface area contributed by atoms with Crippen molar-refractivity contribution in [3.63, 3.8) is 0 Å². The highest BCUT2D eigenvalue weighted by Crippen LogP contribution is 2.33. The highest BCUT2D eigenvalue weighted by atomic mass is 32.1. The Kier molecular flexibility index (Phi) is 6.31. The highest BCUT2D eigenvalue weighted by Gasteiger charge is 2.19. The van der Waals surface area contributed by atoms with Gasteiger partial charge in [-0.05, 0) is 31.0 Å². The Morgan fingerprint density at radius 3 is 2.89 bits per heavy atom. The summed E-state index contributed by atoms with van der Waals surface area (Å²) in [6.07, 6.45) is 4.12. The van der Waals surface area contributed by atoms with Gasteiger partial charge in [0.15, 0.2) is 0 Å². The maximum atomic E-state index is 12.5. The van der Waals surface area contributed by atoms with E-state index in [1.165, 1.54) is 17.7 Å². The number of hydrogen-bond acceptors (Lipinski definition) is 7. The zero-order chi connectivity index (χ0) is 19.2. The first-order valence-electron chi connectivity index (χ1n) is 8.94. The second-order valence-electron chi connectivity index (χ2n) is 6.23. The van der Waals surface area contributed by atoms with Crippen molar-refractivity contribution in [1.82, 2.24) is 20.3 Å². The molecule has 0 spiro atoms. The molecule has 3 rings (SSSR count). The number of thiophene rings is 1. The van der Waals surface area contributed by atoms with Crippen LogP contribution in [-0.2, 0) is 6.42 Å². The minimum Gasteiger partial charge on any atom is -0.391 e. The molecule has 0 bridgehead atoms. The van der Waals surface area contributed by atoms with Gasteiger partial charge in [-0.2, -0.15) is 0 Å². The molecule has 0 aromatic carbocycles. The molecule has 3 heterocycles. The lowest BCUT2D eigenvalue weighted by Gasteiger charge is -2.09. The van der Waals surface area contributed by atoms with E-state index in [4.69, 9.17) is 0 Å². The van der Waals surface area contributed by atoms with Crippen molar-refractivity contribution in [3.8, 4) is 0 Å². The van der Waals surface area contributed by atoms with Gasteiger partial charge in [-0.15, -0.1) is 11.3 Å². The molecule has 142 valence electrons. The number of aliphatic hydroxyl groups is 1. The topological polar surface area (TPSA) is 100 Å². The molecular weight excluding hydrogens is 362 g/mol. The summed E-state index contributed by atoms with van der Waals surface area (Å²) in [7, 11) is 0. The number of pyridine rings is 1. The van der Waals surface area contributed by atoms with Crippen molar-refractivity contribution in [2.75, 3.05) is 18.4 Å². The van der Waals surface area contributed by atoms with E-state index < -0.39 is 6.10 Å². The molecule has 3 aromatic rings. The van der Waals surface area contributed by atoms with Crippen molar-refractivity contribution in [2.24, 2.45) is 0 Å². The third-order valence-electron chi connectivity index (χ3n) is 4.30. The van der Waals surface area contributed by atoms with E-state index in [1.807, 2.05) is 32.0 Å². The van der Waals surface area contributed by atoms with E-state index in [1.54, 1.807) is 6.20 Å². The number of anilines is 1. The van der Waals surface area contributed by atoms with Crippen LogP contribution in [0.15, 0.2) is 30.7 Å². The number of carbonyl (C=O) groups is 1. The summed E-state index contributed by atoms with van der Waals surface area (Å²) in [5.41, 5.74) is 1.85. The fourth-order valence-corrected chi connectivity index (χ4v) is 3.78. The fourth-order valence-electron chi connectivity index (χ4n) is 2.71. The minimum absolute atomic E-state index is 0.192. The van der Waals surface area contributed by atoms with Crippen LogP contribution >= 0.6 is 11.3 Å². The van der Waals surface area contributed by atoms with E-state index in [9.17, 15) is 9.90 Å². The number of aromatic nitrogens is 3. The van der Waals surface area contributed by atoms with Crippen LogP contribution in [0, 0.1) is 6.92 Å². The number of hydrogen-bond donors (Lipinski definition) is 3. The molecule has 7 nitrogen and oxygen atoms in total. The zero-order valence-corrected chi connectivity index (χ0v) is 16.2. The number of nitrogens with one attached hydrogen (secondary N) is 2. The molecule has 27 heavy (non-hydrogen) atoms. The molecular formula is C19H23N5O2S.